The van der Waals surface area contributed by atoms with Gasteiger partial charge in [0.15, 0.2) is 0 Å². The number of Topliss-reactive ketones (excluding diaryl/α,β-unsaturated/α-hetero) is 1. The molecule has 2 N–H and O–H groups in total. The number of ether oxygens (including phenoxy) is 1. The largest absolute Gasteiger partial charge is 0.467 e. The monoisotopic (exact) mass is 723 g/mol. The Balaban J connectivity index is 1.19. The van der Waals surface area contributed by atoms with Crippen LogP contribution < -0.4 is 10.6 Å². The summed E-state index contributed by atoms with van der Waals surface area (Å²) in [4.78, 5) is 70.1. The molecule has 3 aromatic carbocycles. The Labute approximate surface area is 310 Å². The van der Waals surface area contributed by atoms with Crippen LogP contribution >= 0.6 is 11.8 Å². The summed E-state index contributed by atoms with van der Waals surface area (Å²) in [5.41, 5.74) is 3.83. The smallest absolute Gasteiger partial charge is 0.328 e. The Morgan fingerprint density at radius 2 is 1.50 bits per heavy atom. The number of ketones is 1. The van der Waals surface area contributed by atoms with Gasteiger partial charge in [-0.2, -0.15) is 0 Å². The van der Waals surface area contributed by atoms with E-state index in [4.69, 9.17) is 4.74 Å². The quantitative estimate of drug-likeness (QED) is 0.203. The topological polar surface area (TPSA) is 122 Å². The van der Waals surface area contributed by atoms with Gasteiger partial charge in [0, 0.05) is 29.9 Å². The van der Waals surface area contributed by atoms with Gasteiger partial charge < -0.3 is 20.3 Å². The number of para-hydroxylation sites is 1. The van der Waals surface area contributed by atoms with Crippen LogP contribution in [0.15, 0.2) is 84.9 Å². The highest BCUT2D eigenvalue weighted by atomic mass is 32.2. The lowest BCUT2D eigenvalue weighted by molar-refractivity contribution is -0.157. The number of rotatable bonds is 13. The fourth-order valence-electron chi connectivity index (χ4n) is 7.91. The fourth-order valence-corrected chi connectivity index (χ4v) is 9.35. The number of thioether (sulfide) groups is 1. The first-order valence-corrected chi connectivity index (χ1v) is 19.7. The van der Waals surface area contributed by atoms with E-state index in [0.29, 0.717) is 51.4 Å². The molecule has 3 aromatic rings. The SMILES string of the molecule is COC(=O)[C@@H]1CCC[C@@H]2SCC[C@H](CC(=O)[C@H](CC[C@H](Cc3ccccc3)C(=O)N[C@H]3CCc4ccccc4NC3=O)Cc3ccccc3)C(=O)N21. The van der Waals surface area contributed by atoms with Gasteiger partial charge in [-0.1, -0.05) is 78.9 Å². The lowest BCUT2D eigenvalue weighted by Gasteiger charge is -2.40. The minimum absolute atomic E-state index is 0.00272. The first kappa shape index (κ1) is 37.3. The average molecular weight is 724 g/mol. The molecule has 3 aliphatic rings. The van der Waals surface area contributed by atoms with E-state index in [0.717, 1.165) is 41.0 Å². The van der Waals surface area contributed by atoms with Gasteiger partial charge in [0.05, 0.1) is 12.5 Å². The number of anilines is 1. The molecule has 6 rings (SSSR count). The van der Waals surface area contributed by atoms with Crippen LogP contribution in [-0.4, -0.2) is 64.7 Å². The lowest BCUT2D eigenvalue weighted by Crippen LogP contribution is -2.53. The molecule has 0 unspecified atom stereocenters. The molecule has 274 valence electrons. The van der Waals surface area contributed by atoms with Crippen LogP contribution in [0.3, 0.4) is 0 Å². The van der Waals surface area contributed by atoms with Crippen molar-refractivity contribution in [2.45, 2.75) is 88.1 Å². The molecule has 3 amide bonds. The molecule has 0 aliphatic carbocycles. The molecule has 10 heteroatoms. The molecule has 2 fully saturated rings. The van der Waals surface area contributed by atoms with Crippen LogP contribution in [0, 0.1) is 17.8 Å². The maximum atomic E-state index is 14.3. The Morgan fingerprint density at radius 3 is 2.21 bits per heavy atom. The number of hydrogen-bond donors (Lipinski definition) is 2. The zero-order valence-corrected chi connectivity index (χ0v) is 30.7. The molecule has 3 heterocycles. The molecular weight excluding hydrogens is 675 g/mol. The first-order valence-electron chi connectivity index (χ1n) is 18.6. The van der Waals surface area contributed by atoms with Crippen molar-refractivity contribution in [1.82, 2.24) is 10.2 Å². The first-order chi connectivity index (χ1) is 25.3. The Hall–Kier alpha value is -4.44. The van der Waals surface area contributed by atoms with Crippen molar-refractivity contribution in [2.75, 3.05) is 18.2 Å². The number of carbonyl (C=O) groups is 5. The second-order valence-corrected chi connectivity index (χ2v) is 15.6. The molecule has 2 saturated heterocycles. The van der Waals surface area contributed by atoms with Crippen LogP contribution in [0.5, 0.6) is 0 Å². The Morgan fingerprint density at radius 1 is 0.846 bits per heavy atom. The van der Waals surface area contributed by atoms with Crippen LogP contribution in [0.4, 0.5) is 5.69 Å². The normalized spacial score (nSPS) is 22.8. The zero-order chi connectivity index (χ0) is 36.5. The number of hydrogen-bond acceptors (Lipinski definition) is 7. The zero-order valence-electron chi connectivity index (χ0n) is 29.8. The van der Waals surface area contributed by atoms with E-state index in [1.165, 1.54) is 7.11 Å². The van der Waals surface area contributed by atoms with E-state index < -0.39 is 35.8 Å². The standard InChI is InChI=1S/C42H49N3O6S/c1-51-42(50)36-17-10-18-38-45(36)41(49)33(23-24-52-38)27-37(46)31(25-28-11-4-2-5-12-28)19-20-32(26-29-13-6-3-7-14-29)39(47)44-35-22-21-30-15-8-9-16-34(30)43-40(35)48/h2-9,11-16,31-33,35-36,38H,10,17-27H2,1H3,(H,43,48)(H,44,47)/t31-,32-,33-,35+,36+,38+/m1/s1. The third kappa shape index (κ3) is 9.31. The predicted octanol–water partition coefficient (Wildman–Crippen LogP) is 6.15. The van der Waals surface area contributed by atoms with Crippen LogP contribution in [0.2, 0.25) is 0 Å². The summed E-state index contributed by atoms with van der Waals surface area (Å²) in [6.07, 6.45) is 5.89. The molecule has 6 atom stereocenters. The van der Waals surface area contributed by atoms with Gasteiger partial charge in [0.2, 0.25) is 17.7 Å². The van der Waals surface area contributed by atoms with Crippen molar-refractivity contribution < 1.29 is 28.7 Å². The third-order valence-corrected chi connectivity index (χ3v) is 12.1. The minimum Gasteiger partial charge on any atom is -0.467 e. The van der Waals surface area contributed by atoms with Crippen LogP contribution in [0.25, 0.3) is 0 Å². The van der Waals surface area contributed by atoms with Crippen LogP contribution in [-0.2, 0) is 48.0 Å². The number of fused-ring (bicyclic) bond motifs is 2. The number of nitrogens with one attached hydrogen (secondary N) is 2. The number of piperidine rings is 1. The van der Waals surface area contributed by atoms with E-state index in [1.54, 1.807) is 16.7 Å². The summed E-state index contributed by atoms with van der Waals surface area (Å²) in [5.74, 6) is -1.65. The summed E-state index contributed by atoms with van der Waals surface area (Å²) >= 11 is 1.69. The molecule has 0 aromatic heterocycles. The highest BCUT2D eigenvalue weighted by Crippen LogP contribution is 2.38. The maximum Gasteiger partial charge on any atom is 0.328 e. The number of carbonyl (C=O) groups excluding carboxylic acids is 5. The average Bonchev–Trinajstić information content (AvgIpc) is 3.43. The summed E-state index contributed by atoms with van der Waals surface area (Å²) in [6, 6.07) is 26.1. The van der Waals surface area contributed by atoms with Gasteiger partial charge in [-0.3, -0.25) is 19.2 Å². The summed E-state index contributed by atoms with van der Waals surface area (Å²) in [7, 11) is 1.35. The van der Waals surface area contributed by atoms with Gasteiger partial charge in [0.1, 0.15) is 17.9 Å². The Bertz CT molecular complexity index is 1720. The molecule has 0 bridgehead atoms. The Kier molecular flexibility index (Phi) is 12.8. The van der Waals surface area contributed by atoms with Crippen molar-refractivity contribution in [3.05, 3.63) is 102 Å². The highest BCUT2D eigenvalue weighted by Gasteiger charge is 2.44. The molecular formula is C42H49N3O6S. The third-order valence-electron chi connectivity index (χ3n) is 10.8. The fraction of sp³-hybridized carbons (Fsp3) is 0.452. The maximum absolute atomic E-state index is 14.3. The van der Waals surface area contributed by atoms with E-state index in [1.807, 2.05) is 84.9 Å². The number of methoxy groups -OCH3 is 1. The van der Waals surface area contributed by atoms with Gasteiger partial charge in [-0.15, -0.1) is 11.8 Å². The van der Waals surface area contributed by atoms with E-state index >= 15 is 0 Å². The number of amides is 3. The van der Waals surface area contributed by atoms with Crippen molar-refractivity contribution in [2.24, 2.45) is 17.8 Å². The van der Waals surface area contributed by atoms with Gasteiger partial charge in [-0.25, -0.2) is 4.79 Å². The molecule has 0 saturated carbocycles. The highest BCUT2D eigenvalue weighted by molar-refractivity contribution is 7.99. The van der Waals surface area contributed by atoms with E-state index in [2.05, 4.69) is 10.6 Å². The van der Waals surface area contributed by atoms with E-state index in [9.17, 15) is 24.0 Å². The number of aryl methyl sites for hydroxylation is 1. The molecule has 0 radical (unpaired) electrons. The summed E-state index contributed by atoms with van der Waals surface area (Å²) < 4.78 is 5.08. The van der Waals surface area contributed by atoms with Crippen molar-refractivity contribution in [3.8, 4) is 0 Å². The lowest BCUT2D eigenvalue weighted by atomic mass is 9.82. The predicted molar refractivity (Wildman–Crippen MR) is 202 cm³/mol. The van der Waals surface area contributed by atoms with Crippen molar-refractivity contribution in [1.29, 1.82) is 0 Å². The van der Waals surface area contributed by atoms with Crippen LogP contribution in [0.1, 0.15) is 68.1 Å². The van der Waals surface area contributed by atoms with Crippen molar-refractivity contribution in [3.63, 3.8) is 0 Å². The molecule has 52 heavy (non-hydrogen) atoms. The summed E-state index contributed by atoms with van der Waals surface area (Å²) in [6.45, 7) is 0. The molecule has 0 spiro atoms. The molecule has 3 aliphatic heterocycles. The van der Waals surface area contributed by atoms with E-state index in [-0.39, 0.29) is 35.3 Å². The van der Waals surface area contributed by atoms with Gasteiger partial charge in [-0.05, 0) is 92.7 Å². The van der Waals surface area contributed by atoms with Gasteiger partial charge >= 0.3 is 5.97 Å². The molecule has 9 nitrogen and oxygen atoms in total. The van der Waals surface area contributed by atoms with Gasteiger partial charge in [0.25, 0.3) is 0 Å². The summed E-state index contributed by atoms with van der Waals surface area (Å²) in [5, 5.41) is 5.95. The second-order valence-electron chi connectivity index (χ2n) is 14.3. The number of benzene rings is 3. The second kappa shape index (κ2) is 17.9. The number of nitrogens with zero attached hydrogens (tertiary/aromatic N) is 1. The minimum atomic E-state index is -0.675. The number of esters is 1. The van der Waals surface area contributed by atoms with Crippen molar-refractivity contribution >= 4 is 46.9 Å².